The number of benzene rings is 2. The fourth-order valence-corrected chi connectivity index (χ4v) is 4.77. The number of sulfonamides is 1. The molecule has 0 atom stereocenters. The minimum Gasteiger partial charge on any atom is -0.454 e. The van der Waals surface area contributed by atoms with Crippen molar-refractivity contribution in [2.75, 3.05) is 25.2 Å². The van der Waals surface area contributed by atoms with Crippen molar-refractivity contribution in [3.8, 4) is 17.6 Å². The summed E-state index contributed by atoms with van der Waals surface area (Å²) in [7, 11) is -3.62. The van der Waals surface area contributed by atoms with Crippen LogP contribution in [0.5, 0.6) is 11.5 Å². The van der Waals surface area contributed by atoms with Gasteiger partial charge in [-0.1, -0.05) is 6.07 Å². The summed E-state index contributed by atoms with van der Waals surface area (Å²) in [5.74, 6) is 0.349. The molecule has 2 aromatic carbocycles. The number of carbonyl (C=O) groups excluding carboxylic acids is 1. The molecule has 0 aromatic heterocycles. The molecule has 2 aliphatic heterocycles. The molecule has 1 N–H and O–H groups in total. The van der Waals surface area contributed by atoms with Crippen molar-refractivity contribution < 1.29 is 22.7 Å². The Kier molecular flexibility index (Phi) is 4.66. The number of carbonyl (C=O) groups is 1. The molecule has 2 aliphatic rings. The number of nitrogens with zero attached hydrogens (tertiary/aromatic N) is 2. The molecule has 0 aliphatic carbocycles. The van der Waals surface area contributed by atoms with E-state index in [1.807, 2.05) is 6.07 Å². The van der Waals surface area contributed by atoms with Crippen molar-refractivity contribution in [2.45, 2.75) is 17.7 Å². The largest absolute Gasteiger partial charge is 0.454 e. The average molecular weight is 399 g/mol. The number of amides is 1. The summed E-state index contributed by atoms with van der Waals surface area (Å²) < 4.78 is 37.4. The van der Waals surface area contributed by atoms with Crippen LogP contribution in [-0.4, -0.2) is 38.5 Å². The van der Waals surface area contributed by atoms with Gasteiger partial charge in [-0.2, -0.15) is 9.57 Å². The number of hydrogen-bond donors (Lipinski definition) is 1. The highest BCUT2D eigenvalue weighted by Crippen LogP contribution is 2.37. The topological polar surface area (TPSA) is 109 Å². The molecular weight excluding hydrogens is 382 g/mol. The molecule has 2 aromatic rings. The number of nitrogens with one attached hydrogen (secondary N) is 1. The quantitative estimate of drug-likeness (QED) is 0.845. The monoisotopic (exact) mass is 399 g/mol. The average Bonchev–Trinajstić information content (AvgIpc) is 3.39. The molecule has 1 amide bonds. The Bertz CT molecular complexity index is 1090. The summed E-state index contributed by atoms with van der Waals surface area (Å²) in [6.45, 7) is 1.02. The van der Waals surface area contributed by atoms with Gasteiger partial charge in [0.05, 0.1) is 16.1 Å². The lowest BCUT2D eigenvalue weighted by molar-refractivity contribution is 0.102. The zero-order chi connectivity index (χ0) is 19.7. The van der Waals surface area contributed by atoms with Crippen molar-refractivity contribution in [3.63, 3.8) is 0 Å². The zero-order valence-corrected chi connectivity index (χ0v) is 15.7. The third kappa shape index (κ3) is 3.28. The van der Waals surface area contributed by atoms with E-state index in [1.54, 1.807) is 0 Å². The summed E-state index contributed by atoms with van der Waals surface area (Å²) in [4.78, 5) is 12.8. The number of ether oxygens (including phenoxy) is 2. The first kappa shape index (κ1) is 18.3. The van der Waals surface area contributed by atoms with Crippen molar-refractivity contribution in [2.24, 2.45) is 0 Å². The Labute approximate surface area is 162 Å². The zero-order valence-electron chi connectivity index (χ0n) is 14.8. The highest BCUT2D eigenvalue weighted by atomic mass is 32.2. The van der Waals surface area contributed by atoms with Crippen LogP contribution in [0.25, 0.3) is 0 Å². The first-order valence-corrected chi connectivity index (χ1v) is 10.2. The highest BCUT2D eigenvalue weighted by molar-refractivity contribution is 7.89. The maximum atomic E-state index is 12.7. The second kappa shape index (κ2) is 7.14. The first-order valence-electron chi connectivity index (χ1n) is 8.74. The Morgan fingerprint density at radius 2 is 1.82 bits per heavy atom. The minimum absolute atomic E-state index is 0.0496. The van der Waals surface area contributed by atoms with Crippen LogP contribution in [0.15, 0.2) is 41.3 Å². The second-order valence-corrected chi connectivity index (χ2v) is 8.39. The molecular formula is C19H17N3O5S. The molecule has 1 fully saturated rings. The van der Waals surface area contributed by atoms with Crippen LogP contribution >= 0.6 is 0 Å². The van der Waals surface area contributed by atoms with E-state index < -0.39 is 15.9 Å². The van der Waals surface area contributed by atoms with Gasteiger partial charge in [0.1, 0.15) is 6.07 Å². The standard InChI is InChI=1S/C19H17N3O5S/c20-11-14-9-17-18(27-12-26-17)10-16(14)21-19(23)13-4-3-5-15(8-13)28(24,25)22-6-1-2-7-22/h3-5,8-10H,1-2,6-7,12H2,(H,21,23). The number of nitriles is 1. The summed E-state index contributed by atoms with van der Waals surface area (Å²) in [6, 6.07) is 10.9. The van der Waals surface area contributed by atoms with Gasteiger partial charge in [0.25, 0.3) is 5.91 Å². The maximum Gasteiger partial charge on any atom is 0.255 e. The highest BCUT2D eigenvalue weighted by Gasteiger charge is 2.28. The number of hydrogen-bond acceptors (Lipinski definition) is 6. The lowest BCUT2D eigenvalue weighted by atomic mass is 10.1. The van der Waals surface area contributed by atoms with E-state index in [0.717, 1.165) is 12.8 Å². The van der Waals surface area contributed by atoms with Gasteiger partial charge >= 0.3 is 0 Å². The van der Waals surface area contributed by atoms with Gasteiger partial charge in [-0.25, -0.2) is 8.42 Å². The van der Waals surface area contributed by atoms with E-state index in [4.69, 9.17) is 9.47 Å². The van der Waals surface area contributed by atoms with E-state index >= 15 is 0 Å². The smallest absolute Gasteiger partial charge is 0.255 e. The van der Waals surface area contributed by atoms with E-state index in [2.05, 4.69) is 5.32 Å². The van der Waals surface area contributed by atoms with E-state index in [9.17, 15) is 18.5 Å². The molecule has 0 saturated carbocycles. The van der Waals surface area contributed by atoms with Crippen LogP contribution in [0.3, 0.4) is 0 Å². The molecule has 4 rings (SSSR count). The van der Waals surface area contributed by atoms with Gasteiger partial charge in [0.2, 0.25) is 16.8 Å². The van der Waals surface area contributed by atoms with Gasteiger partial charge in [0, 0.05) is 30.8 Å². The van der Waals surface area contributed by atoms with E-state index in [-0.39, 0.29) is 28.5 Å². The molecule has 28 heavy (non-hydrogen) atoms. The summed E-state index contributed by atoms with van der Waals surface area (Å²) in [5, 5.41) is 12.0. The molecule has 0 radical (unpaired) electrons. The predicted octanol–water partition coefficient (Wildman–Crippen LogP) is 2.32. The lowest BCUT2D eigenvalue weighted by Crippen LogP contribution is -2.28. The molecule has 2 heterocycles. The molecule has 0 unspecified atom stereocenters. The third-order valence-corrected chi connectivity index (χ3v) is 6.58. The normalized spacial score (nSPS) is 16.0. The van der Waals surface area contributed by atoms with Gasteiger partial charge in [-0.05, 0) is 31.0 Å². The number of rotatable bonds is 4. The molecule has 1 saturated heterocycles. The predicted molar refractivity (Wildman–Crippen MR) is 99.7 cm³/mol. The Balaban J connectivity index is 1.61. The lowest BCUT2D eigenvalue weighted by Gasteiger charge is -2.16. The maximum absolute atomic E-state index is 12.7. The summed E-state index contributed by atoms with van der Waals surface area (Å²) in [6.07, 6.45) is 1.67. The van der Waals surface area contributed by atoms with Crippen LogP contribution < -0.4 is 14.8 Å². The van der Waals surface area contributed by atoms with E-state index in [1.165, 1.54) is 40.7 Å². The van der Waals surface area contributed by atoms with Crippen LogP contribution in [-0.2, 0) is 10.0 Å². The third-order valence-electron chi connectivity index (χ3n) is 4.68. The minimum atomic E-state index is -3.62. The van der Waals surface area contributed by atoms with Gasteiger partial charge in [-0.3, -0.25) is 4.79 Å². The van der Waals surface area contributed by atoms with Crippen molar-refractivity contribution in [1.82, 2.24) is 4.31 Å². The van der Waals surface area contributed by atoms with Gasteiger partial charge in [0.15, 0.2) is 11.5 Å². The molecule has 8 nitrogen and oxygen atoms in total. The Morgan fingerprint density at radius 1 is 1.11 bits per heavy atom. The molecule has 0 bridgehead atoms. The fourth-order valence-electron chi connectivity index (χ4n) is 3.21. The number of anilines is 1. The Morgan fingerprint density at radius 3 is 2.54 bits per heavy atom. The Hall–Kier alpha value is -3.09. The number of fused-ring (bicyclic) bond motifs is 1. The van der Waals surface area contributed by atoms with E-state index in [0.29, 0.717) is 24.6 Å². The molecule has 0 spiro atoms. The van der Waals surface area contributed by atoms with Gasteiger partial charge < -0.3 is 14.8 Å². The first-order chi connectivity index (χ1) is 13.5. The summed E-state index contributed by atoms with van der Waals surface area (Å²) in [5.41, 5.74) is 0.671. The fraction of sp³-hybridized carbons (Fsp3) is 0.263. The molecule has 144 valence electrons. The van der Waals surface area contributed by atoms with Crippen LogP contribution in [0.2, 0.25) is 0 Å². The van der Waals surface area contributed by atoms with Gasteiger partial charge in [-0.15, -0.1) is 0 Å². The SMILES string of the molecule is N#Cc1cc2c(cc1NC(=O)c1cccc(S(=O)(=O)N3CCCC3)c1)OCO2. The molecule has 9 heteroatoms. The van der Waals surface area contributed by atoms with Crippen molar-refractivity contribution in [3.05, 3.63) is 47.5 Å². The summed E-state index contributed by atoms with van der Waals surface area (Å²) >= 11 is 0. The van der Waals surface area contributed by atoms with Crippen LogP contribution in [0.1, 0.15) is 28.8 Å². The van der Waals surface area contributed by atoms with Crippen molar-refractivity contribution in [1.29, 1.82) is 5.26 Å². The van der Waals surface area contributed by atoms with Crippen LogP contribution in [0.4, 0.5) is 5.69 Å². The van der Waals surface area contributed by atoms with Crippen LogP contribution in [0, 0.1) is 11.3 Å². The van der Waals surface area contributed by atoms with Crippen molar-refractivity contribution >= 4 is 21.6 Å². The second-order valence-electron chi connectivity index (χ2n) is 6.46.